The number of nitrogens with one attached hydrogen (secondary N) is 3. The van der Waals surface area contributed by atoms with Crippen LogP contribution in [0.15, 0.2) is 47.4 Å². The summed E-state index contributed by atoms with van der Waals surface area (Å²) in [4.78, 5) is 0.187. The topological polar surface area (TPSA) is 70.2 Å². The van der Waals surface area contributed by atoms with E-state index in [0.29, 0.717) is 33.1 Å². The van der Waals surface area contributed by atoms with Crippen LogP contribution in [0.1, 0.15) is 18.4 Å². The van der Waals surface area contributed by atoms with Crippen LogP contribution in [0, 0.1) is 6.92 Å². The molecule has 2 aromatic carbocycles. The first-order valence-corrected chi connectivity index (χ1v) is 10.1. The van der Waals surface area contributed by atoms with E-state index >= 15 is 0 Å². The lowest BCUT2D eigenvalue weighted by Crippen LogP contribution is -2.30. The van der Waals surface area contributed by atoms with Crippen LogP contribution in [0.3, 0.4) is 0 Å². The number of anilines is 2. The van der Waals surface area contributed by atoms with E-state index in [4.69, 9.17) is 23.8 Å². The van der Waals surface area contributed by atoms with Crippen molar-refractivity contribution in [3.63, 3.8) is 0 Å². The Labute approximate surface area is 157 Å². The molecule has 3 N–H and O–H groups in total. The number of aryl methyl sites for hydroxylation is 1. The number of sulfonamides is 1. The van der Waals surface area contributed by atoms with Gasteiger partial charge < -0.3 is 10.6 Å². The normalized spacial score (nSPS) is 14.0. The van der Waals surface area contributed by atoms with Crippen molar-refractivity contribution in [3.05, 3.63) is 53.1 Å². The second kappa shape index (κ2) is 7.19. The number of rotatable bonds is 5. The summed E-state index contributed by atoms with van der Waals surface area (Å²) in [6.45, 7) is 1.75. The van der Waals surface area contributed by atoms with E-state index in [1.165, 1.54) is 0 Å². The minimum absolute atomic E-state index is 0.187. The van der Waals surface area contributed by atoms with Crippen molar-refractivity contribution in [2.45, 2.75) is 30.7 Å². The molecule has 3 rings (SSSR count). The van der Waals surface area contributed by atoms with Crippen molar-refractivity contribution in [3.8, 4) is 0 Å². The van der Waals surface area contributed by atoms with E-state index in [2.05, 4.69) is 15.4 Å². The molecular weight excluding hydrogens is 378 g/mol. The third kappa shape index (κ3) is 4.84. The van der Waals surface area contributed by atoms with Gasteiger partial charge in [-0.25, -0.2) is 8.42 Å². The van der Waals surface area contributed by atoms with E-state index in [9.17, 15) is 8.42 Å². The molecule has 0 spiro atoms. The molecule has 0 saturated heterocycles. The Kier molecular flexibility index (Phi) is 5.17. The fourth-order valence-electron chi connectivity index (χ4n) is 2.31. The molecule has 1 fully saturated rings. The second-order valence-electron chi connectivity index (χ2n) is 5.97. The summed E-state index contributed by atoms with van der Waals surface area (Å²) in [5.74, 6) is 0. The maximum absolute atomic E-state index is 12.7. The number of hydrogen-bond acceptors (Lipinski definition) is 3. The monoisotopic (exact) mass is 395 g/mol. The number of thiocarbonyl (C=S) groups is 1. The summed E-state index contributed by atoms with van der Waals surface area (Å²) in [6, 6.07) is 12.1. The summed E-state index contributed by atoms with van der Waals surface area (Å²) in [5.41, 5.74) is 1.67. The maximum atomic E-state index is 12.7. The number of hydrogen-bond donors (Lipinski definition) is 3. The fourth-order valence-corrected chi connectivity index (χ4v) is 4.11. The van der Waals surface area contributed by atoms with Crippen LogP contribution in [-0.2, 0) is 10.0 Å². The first kappa shape index (κ1) is 18.0. The van der Waals surface area contributed by atoms with Gasteiger partial charge in [0.1, 0.15) is 0 Å². The molecule has 0 amide bonds. The molecule has 0 aliphatic heterocycles. The zero-order valence-corrected chi connectivity index (χ0v) is 15.9. The fraction of sp³-hybridized carbons (Fsp3) is 0.235. The summed E-state index contributed by atoms with van der Waals surface area (Å²) in [7, 11) is -3.74. The Hall–Kier alpha value is -1.83. The molecule has 0 heterocycles. The minimum Gasteiger partial charge on any atom is -0.360 e. The van der Waals surface area contributed by atoms with Gasteiger partial charge in [0.05, 0.1) is 10.6 Å². The molecule has 2 aromatic rings. The van der Waals surface area contributed by atoms with Crippen LogP contribution in [-0.4, -0.2) is 19.6 Å². The molecule has 0 bridgehead atoms. The Morgan fingerprint density at radius 2 is 1.92 bits per heavy atom. The van der Waals surface area contributed by atoms with Crippen LogP contribution in [0.4, 0.5) is 11.4 Å². The van der Waals surface area contributed by atoms with Crippen LogP contribution in [0.25, 0.3) is 0 Å². The molecule has 0 unspecified atom stereocenters. The molecule has 5 nitrogen and oxygen atoms in total. The quantitative estimate of drug-likeness (QED) is 0.670. The lowest BCUT2D eigenvalue weighted by molar-refractivity contribution is 0.600. The third-order valence-corrected chi connectivity index (χ3v) is 5.70. The molecule has 0 aromatic heterocycles. The SMILES string of the molecule is Cc1ccc(NC(=S)NC2CC2)cc1S(=O)(=O)Nc1cccc(Cl)c1. The standard InChI is InChI=1S/C17H18ClN3O2S2/c1-11-5-6-14(20-17(24)19-13-7-8-13)10-16(11)25(22,23)21-15-4-2-3-12(18)9-15/h2-6,9-10,13,21H,7-8H2,1H3,(H2,19,20,24). The van der Waals surface area contributed by atoms with Gasteiger partial charge in [0.2, 0.25) is 0 Å². The van der Waals surface area contributed by atoms with Gasteiger partial charge in [-0.05, 0) is 67.9 Å². The van der Waals surface area contributed by atoms with Crippen molar-refractivity contribution in [1.82, 2.24) is 5.32 Å². The van der Waals surface area contributed by atoms with Crippen LogP contribution >= 0.6 is 23.8 Å². The zero-order valence-electron chi connectivity index (χ0n) is 13.5. The molecule has 25 heavy (non-hydrogen) atoms. The highest BCUT2D eigenvalue weighted by molar-refractivity contribution is 7.92. The largest absolute Gasteiger partial charge is 0.360 e. The van der Waals surface area contributed by atoms with Crippen molar-refractivity contribution >= 4 is 50.3 Å². The third-order valence-electron chi connectivity index (χ3n) is 3.72. The average Bonchev–Trinajstić information content (AvgIpc) is 3.32. The zero-order chi connectivity index (χ0) is 18.0. The number of benzene rings is 2. The molecule has 0 atom stereocenters. The van der Waals surface area contributed by atoms with E-state index in [1.807, 2.05) is 0 Å². The Morgan fingerprint density at radius 1 is 1.16 bits per heavy atom. The molecule has 8 heteroatoms. The van der Waals surface area contributed by atoms with Gasteiger partial charge in [-0.1, -0.05) is 23.7 Å². The summed E-state index contributed by atoms with van der Waals surface area (Å²) in [6.07, 6.45) is 2.22. The van der Waals surface area contributed by atoms with E-state index in [1.54, 1.807) is 49.4 Å². The highest BCUT2D eigenvalue weighted by atomic mass is 35.5. The van der Waals surface area contributed by atoms with Crippen molar-refractivity contribution in [1.29, 1.82) is 0 Å². The van der Waals surface area contributed by atoms with Crippen LogP contribution in [0.5, 0.6) is 0 Å². The van der Waals surface area contributed by atoms with Crippen LogP contribution in [0.2, 0.25) is 5.02 Å². The van der Waals surface area contributed by atoms with Gasteiger partial charge in [0.15, 0.2) is 5.11 Å². The van der Waals surface area contributed by atoms with Gasteiger partial charge in [0.25, 0.3) is 10.0 Å². The highest BCUT2D eigenvalue weighted by Gasteiger charge is 2.22. The van der Waals surface area contributed by atoms with E-state index in [-0.39, 0.29) is 4.90 Å². The van der Waals surface area contributed by atoms with E-state index < -0.39 is 10.0 Å². The molecule has 0 radical (unpaired) electrons. The van der Waals surface area contributed by atoms with Crippen LogP contribution < -0.4 is 15.4 Å². The average molecular weight is 396 g/mol. The predicted molar refractivity (Wildman–Crippen MR) is 106 cm³/mol. The lowest BCUT2D eigenvalue weighted by Gasteiger charge is -2.14. The second-order valence-corrected chi connectivity index (χ2v) is 8.46. The van der Waals surface area contributed by atoms with Gasteiger partial charge >= 0.3 is 0 Å². The predicted octanol–water partition coefficient (Wildman–Crippen LogP) is 3.90. The first-order chi connectivity index (χ1) is 11.8. The maximum Gasteiger partial charge on any atom is 0.262 e. The molecule has 1 saturated carbocycles. The van der Waals surface area contributed by atoms with Gasteiger partial charge in [-0.2, -0.15) is 0 Å². The van der Waals surface area contributed by atoms with E-state index in [0.717, 1.165) is 12.8 Å². The number of halogens is 1. The van der Waals surface area contributed by atoms with Gasteiger partial charge in [0, 0.05) is 16.8 Å². The van der Waals surface area contributed by atoms with Gasteiger partial charge in [-0.15, -0.1) is 0 Å². The Morgan fingerprint density at radius 3 is 2.60 bits per heavy atom. The smallest absolute Gasteiger partial charge is 0.262 e. The molecule has 1 aliphatic carbocycles. The van der Waals surface area contributed by atoms with Crippen molar-refractivity contribution < 1.29 is 8.42 Å². The minimum atomic E-state index is -3.74. The summed E-state index contributed by atoms with van der Waals surface area (Å²) >= 11 is 11.2. The Bertz CT molecular complexity index is 912. The van der Waals surface area contributed by atoms with Gasteiger partial charge in [-0.3, -0.25) is 4.72 Å². The first-order valence-electron chi connectivity index (χ1n) is 7.80. The highest BCUT2D eigenvalue weighted by Crippen LogP contribution is 2.24. The Balaban J connectivity index is 1.81. The molecule has 132 valence electrons. The molecular formula is C17H18ClN3O2S2. The lowest BCUT2D eigenvalue weighted by atomic mass is 10.2. The summed E-state index contributed by atoms with van der Waals surface area (Å²) in [5, 5.41) is 7.15. The van der Waals surface area contributed by atoms with Crippen molar-refractivity contribution in [2.75, 3.05) is 10.0 Å². The summed E-state index contributed by atoms with van der Waals surface area (Å²) < 4.78 is 28.0. The van der Waals surface area contributed by atoms with Crippen molar-refractivity contribution in [2.24, 2.45) is 0 Å². The molecule has 1 aliphatic rings.